The third-order valence-corrected chi connectivity index (χ3v) is 2.45. The standard InChI is InChI=1S/C11H11F3N2/c1-2-9-8-5-7(6-11(12,13)14)3-4-10(8)16-15-9/h3-5H,2,6H2,1H3,(H,15,16). The van der Waals surface area contributed by atoms with Gasteiger partial charge in [0.05, 0.1) is 17.6 Å². The van der Waals surface area contributed by atoms with Gasteiger partial charge in [0.15, 0.2) is 0 Å². The summed E-state index contributed by atoms with van der Waals surface area (Å²) in [5.74, 6) is 0. The molecule has 1 aromatic carbocycles. The molecule has 2 nitrogen and oxygen atoms in total. The molecule has 0 radical (unpaired) electrons. The zero-order chi connectivity index (χ0) is 11.8. The van der Waals surface area contributed by atoms with Crippen LogP contribution in [0.15, 0.2) is 18.2 Å². The highest BCUT2D eigenvalue weighted by Crippen LogP contribution is 2.24. The highest BCUT2D eigenvalue weighted by molar-refractivity contribution is 5.82. The van der Waals surface area contributed by atoms with Crippen LogP contribution in [0.1, 0.15) is 18.2 Å². The Bertz CT molecular complexity index is 499. The van der Waals surface area contributed by atoms with Crippen molar-refractivity contribution in [3.05, 3.63) is 29.5 Å². The highest BCUT2D eigenvalue weighted by Gasteiger charge is 2.27. The van der Waals surface area contributed by atoms with Crippen LogP contribution in [-0.2, 0) is 12.8 Å². The maximum Gasteiger partial charge on any atom is 0.393 e. The number of nitrogens with zero attached hydrogens (tertiary/aromatic N) is 1. The summed E-state index contributed by atoms with van der Waals surface area (Å²) in [5, 5.41) is 7.62. The first-order valence-corrected chi connectivity index (χ1v) is 5.02. The fourth-order valence-electron chi connectivity index (χ4n) is 1.73. The van der Waals surface area contributed by atoms with Gasteiger partial charge in [-0.1, -0.05) is 13.0 Å². The summed E-state index contributed by atoms with van der Waals surface area (Å²) in [6.07, 6.45) is -4.35. The van der Waals surface area contributed by atoms with Gasteiger partial charge in [-0.2, -0.15) is 18.3 Å². The molecule has 86 valence electrons. The van der Waals surface area contributed by atoms with Crippen LogP contribution >= 0.6 is 0 Å². The van der Waals surface area contributed by atoms with Crippen LogP contribution in [0.4, 0.5) is 13.2 Å². The molecule has 0 amide bonds. The van der Waals surface area contributed by atoms with E-state index in [9.17, 15) is 13.2 Å². The Balaban J connectivity index is 2.42. The van der Waals surface area contributed by atoms with E-state index in [1.54, 1.807) is 12.1 Å². The minimum Gasteiger partial charge on any atom is -0.278 e. The molecule has 0 unspecified atom stereocenters. The normalized spacial score (nSPS) is 12.2. The number of rotatable bonds is 2. The van der Waals surface area contributed by atoms with Crippen molar-refractivity contribution in [1.29, 1.82) is 0 Å². The molecule has 0 saturated carbocycles. The van der Waals surface area contributed by atoms with Gasteiger partial charge >= 0.3 is 6.18 Å². The minimum atomic E-state index is -4.16. The molecule has 16 heavy (non-hydrogen) atoms. The van der Waals surface area contributed by atoms with Gasteiger partial charge in [0.2, 0.25) is 0 Å². The van der Waals surface area contributed by atoms with E-state index in [-0.39, 0.29) is 5.56 Å². The number of aryl methyl sites for hydroxylation is 1. The lowest BCUT2D eigenvalue weighted by Crippen LogP contribution is -2.11. The van der Waals surface area contributed by atoms with Crippen LogP contribution in [0, 0.1) is 0 Å². The molecule has 2 aromatic rings. The Labute approximate surface area is 90.5 Å². The lowest BCUT2D eigenvalue weighted by molar-refractivity contribution is -0.127. The number of hydrogen-bond acceptors (Lipinski definition) is 1. The average Bonchev–Trinajstić information content (AvgIpc) is 2.57. The summed E-state index contributed by atoms with van der Waals surface area (Å²) in [6, 6.07) is 4.68. The maximum absolute atomic E-state index is 12.2. The Kier molecular flexibility index (Phi) is 2.61. The summed E-state index contributed by atoms with van der Waals surface area (Å²) in [6.45, 7) is 1.92. The molecule has 0 aliphatic rings. The van der Waals surface area contributed by atoms with Gasteiger partial charge in [-0.3, -0.25) is 5.10 Å². The molecule has 5 heteroatoms. The van der Waals surface area contributed by atoms with Crippen molar-refractivity contribution in [2.24, 2.45) is 0 Å². The largest absolute Gasteiger partial charge is 0.393 e. The Morgan fingerprint density at radius 3 is 2.69 bits per heavy atom. The van der Waals surface area contributed by atoms with Gasteiger partial charge in [-0.15, -0.1) is 0 Å². The molecule has 1 N–H and O–H groups in total. The van der Waals surface area contributed by atoms with Crippen molar-refractivity contribution < 1.29 is 13.2 Å². The molecule has 0 spiro atoms. The van der Waals surface area contributed by atoms with Crippen LogP contribution in [0.3, 0.4) is 0 Å². The smallest absolute Gasteiger partial charge is 0.278 e. The summed E-state index contributed by atoms with van der Waals surface area (Å²) in [5.41, 5.74) is 1.86. The Morgan fingerprint density at radius 2 is 2.06 bits per heavy atom. The molecule has 0 aliphatic heterocycles. The van der Waals surface area contributed by atoms with E-state index < -0.39 is 12.6 Å². The minimum absolute atomic E-state index is 0.274. The van der Waals surface area contributed by atoms with Gasteiger partial charge in [-0.25, -0.2) is 0 Å². The van der Waals surface area contributed by atoms with Crippen molar-refractivity contribution in [3.63, 3.8) is 0 Å². The van der Waals surface area contributed by atoms with E-state index in [1.165, 1.54) is 6.07 Å². The number of nitrogens with one attached hydrogen (secondary N) is 1. The van der Waals surface area contributed by atoms with E-state index in [2.05, 4.69) is 10.2 Å². The number of aromatic amines is 1. The molecule has 0 saturated heterocycles. The first kappa shape index (κ1) is 11.0. The molecule has 1 heterocycles. The summed E-state index contributed by atoms with van der Waals surface area (Å²) in [4.78, 5) is 0. The van der Waals surface area contributed by atoms with E-state index >= 15 is 0 Å². The van der Waals surface area contributed by atoms with Crippen molar-refractivity contribution >= 4 is 10.9 Å². The van der Waals surface area contributed by atoms with Gasteiger partial charge in [0.25, 0.3) is 0 Å². The van der Waals surface area contributed by atoms with Gasteiger partial charge in [0.1, 0.15) is 0 Å². The number of fused-ring (bicyclic) bond motifs is 1. The van der Waals surface area contributed by atoms with Crippen LogP contribution in [-0.4, -0.2) is 16.4 Å². The molecule has 0 atom stereocenters. The lowest BCUT2D eigenvalue weighted by atomic mass is 10.1. The van der Waals surface area contributed by atoms with Crippen LogP contribution in [0.25, 0.3) is 10.9 Å². The predicted molar refractivity (Wildman–Crippen MR) is 55.2 cm³/mol. The van der Waals surface area contributed by atoms with E-state index in [0.29, 0.717) is 6.42 Å². The molecule has 0 fully saturated rings. The Hall–Kier alpha value is -1.52. The van der Waals surface area contributed by atoms with Crippen molar-refractivity contribution in [2.45, 2.75) is 25.9 Å². The SMILES string of the molecule is CCc1n[nH]c2ccc(CC(F)(F)F)cc12. The fourth-order valence-corrected chi connectivity index (χ4v) is 1.73. The molecular formula is C11H11F3N2. The number of H-pyrrole nitrogens is 1. The highest BCUT2D eigenvalue weighted by atomic mass is 19.4. The van der Waals surface area contributed by atoms with E-state index in [0.717, 1.165) is 16.6 Å². The summed E-state index contributed by atoms with van der Waals surface area (Å²) in [7, 11) is 0. The zero-order valence-electron chi connectivity index (χ0n) is 8.73. The second-order valence-electron chi connectivity index (χ2n) is 3.70. The fraction of sp³-hybridized carbons (Fsp3) is 0.364. The Morgan fingerprint density at radius 1 is 1.31 bits per heavy atom. The number of alkyl halides is 3. The van der Waals surface area contributed by atoms with Crippen molar-refractivity contribution in [1.82, 2.24) is 10.2 Å². The van der Waals surface area contributed by atoms with Gasteiger partial charge < -0.3 is 0 Å². The molecule has 2 rings (SSSR count). The lowest BCUT2D eigenvalue weighted by Gasteiger charge is -2.06. The van der Waals surface area contributed by atoms with Crippen molar-refractivity contribution in [3.8, 4) is 0 Å². The molecule has 1 aromatic heterocycles. The van der Waals surface area contributed by atoms with Gasteiger partial charge in [0, 0.05) is 5.39 Å². The third kappa shape index (κ3) is 2.18. The molecule has 0 bridgehead atoms. The predicted octanol–water partition coefficient (Wildman–Crippen LogP) is 3.23. The average molecular weight is 228 g/mol. The zero-order valence-corrected chi connectivity index (χ0v) is 8.73. The number of aromatic nitrogens is 2. The molecular weight excluding hydrogens is 217 g/mol. The van der Waals surface area contributed by atoms with E-state index in [1.807, 2.05) is 6.92 Å². The summed E-state index contributed by atoms with van der Waals surface area (Å²) < 4.78 is 36.7. The van der Waals surface area contributed by atoms with Crippen LogP contribution in [0.5, 0.6) is 0 Å². The second kappa shape index (κ2) is 3.81. The topological polar surface area (TPSA) is 28.7 Å². The van der Waals surface area contributed by atoms with Crippen LogP contribution in [0.2, 0.25) is 0 Å². The number of benzene rings is 1. The quantitative estimate of drug-likeness (QED) is 0.839. The third-order valence-electron chi connectivity index (χ3n) is 2.45. The molecule has 0 aliphatic carbocycles. The van der Waals surface area contributed by atoms with Crippen molar-refractivity contribution in [2.75, 3.05) is 0 Å². The van der Waals surface area contributed by atoms with Gasteiger partial charge in [-0.05, 0) is 24.1 Å². The van der Waals surface area contributed by atoms with Crippen LogP contribution < -0.4 is 0 Å². The summed E-state index contributed by atoms with van der Waals surface area (Å²) >= 11 is 0. The number of halogens is 3. The second-order valence-corrected chi connectivity index (χ2v) is 3.70. The number of hydrogen-bond donors (Lipinski definition) is 1. The first-order chi connectivity index (χ1) is 7.49. The van der Waals surface area contributed by atoms with E-state index in [4.69, 9.17) is 0 Å². The maximum atomic E-state index is 12.2. The monoisotopic (exact) mass is 228 g/mol. The first-order valence-electron chi connectivity index (χ1n) is 5.02.